The van der Waals surface area contributed by atoms with Crippen LogP contribution in [-0.4, -0.2) is 35.2 Å². The number of aliphatic carboxylic acids is 1. The van der Waals surface area contributed by atoms with Crippen LogP contribution in [0.3, 0.4) is 0 Å². The molecule has 2 aromatic carbocycles. The number of methoxy groups -OCH3 is 1. The van der Waals surface area contributed by atoms with Crippen molar-refractivity contribution >= 4 is 11.9 Å². The van der Waals surface area contributed by atoms with Crippen molar-refractivity contribution in [2.75, 3.05) is 7.11 Å². The third-order valence-electron chi connectivity index (χ3n) is 4.02. The SMILES string of the molecule is COc1ccc(C[C@H](NC(=O)[C@H](O)c2ccc(C(F)(F)F)cc2)C(=O)O)cc1. The first-order valence-corrected chi connectivity index (χ1v) is 8.13. The molecular weight excluding hydrogens is 379 g/mol. The van der Waals surface area contributed by atoms with Crippen LogP contribution in [0.15, 0.2) is 48.5 Å². The first-order valence-electron chi connectivity index (χ1n) is 8.13. The molecule has 0 saturated carbocycles. The number of ether oxygens (including phenoxy) is 1. The van der Waals surface area contributed by atoms with Crippen LogP contribution >= 0.6 is 0 Å². The van der Waals surface area contributed by atoms with E-state index >= 15 is 0 Å². The van der Waals surface area contributed by atoms with Crippen LogP contribution in [-0.2, 0) is 22.2 Å². The zero-order valence-electron chi connectivity index (χ0n) is 14.7. The van der Waals surface area contributed by atoms with Gasteiger partial charge in [0, 0.05) is 6.42 Å². The fourth-order valence-corrected chi connectivity index (χ4v) is 2.45. The number of carbonyl (C=O) groups excluding carboxylic acids is 1. The molecule has 2 rings (SSSR count). The Labute approximate surface area is 158 Å². The first-order chi connectivity index (χ1) is 13.1. The van der Waals surface area contributed by atoms with Crippen LogP contribution in [0.4, 0.5) is 13.2 Å². The number of aliphatic hydroxyl groups excluding tert-OH is 1. The zero-order chi connectivity index (χ0) is 20.9. The lowest BCUT2D eigenvalue weighted by atomic mass is 10.0. The van der Waals surface area contributed by atoms with Gasteiger partial charge in [-0.1, -0.05) is 24.3 Å². The minimum atomic E-state index is -4.54. The second-order valence-corrected chi connectivity index (χ2v) is 5.97. The zero-order valence-corrected chi connectivity index (χ0v) is 14.7. The first kappa shape index (κ1) is 21.2. The highest BCUT2D eigenvalue weighted by Gasteiger charge is 2.31. The molecule has 0 radical (unpaired) electrons. The topological polar surface area (TPSA) is 95.9 Å². The van der Waals surface area contributed by atoms with Crippen molar-refractivity contribution in [3.8, 4) is 5.75 Å². The maximum absolute atomic E-state index is 12.6. The number of carbonyl (C=O) groups is 2. The number of hydrogen-bond donors (Lipinski definition) is 3. The minimum Gasteiger partial charge on any atom is -0.497 e. The highest BCUT2D eigenvalue weighted by molar-refractivity contribution is 5.87. The fourth-order valence-electron chi connectivity index (χ4n) is 2.45. The Morgan fingerprint density at radius 2 is 1.64 bits per heavy atom. The molecule has 150 valence electrons. The lowest BCUT2D eigenvalue weighted by molar-refractivity contribution is -0.143. The van der Waals surface area contributed by atoms with Gasteiger partial charge in [-0.3, -0.25) is 4.79 Å². The second kappa shape index (κ2) is 8.75. The van der Waals surface area contributed by atoms with Gasteiger partial charge in [0.05, 0.1) is 12.7 Å². The summed E-state index contributed by atoms with van der Waals surface area (Å²) in [7, 11) is 1.48. The Bertz CT molecular complexity index is 819. The summed E-state index contributed by atoms with van der Waals surface area (Å²) in [6.45, 7) is 0. The molecule has 0 aromatic heterocycles. The summed E-state index contributed by atoms with van der Waals surface area (Å²) < 4.78 is 42.7. The average molecular weight is 397 g/mol. The van der Waals surface area contributed by atoms with Gasteiger partial charge in [0.1, 0.15) is 11.8 Å². The van der Waals surface area contributed by atoms with Crippen LogP contribution in [0.5, 0.6) is 5.75 Å². The Morgan fingerprint density at radius 1 is 1.07 bits per heavy atom. The van der Waals surface area contributed by atoms with E-state index in [2.05, 4.69) is 5.32 Å². The van der Waals surface area contributed by atoms with E-state index in [1.807, 2.05) is 0 Å². The van der Waals surface area contributed by atoms with Crippen LogP contribution in [0.1, 0.15) is 22.8 Å². The van der Waals surface area contributed by atoms with Crippen LogP contribution < -0.4 is 10.1 Å². The minimum absolute atomic E-state index is 0.0508. The van der Waals surface area contributed by atoms with Gasteiger partial charge in [-0.2, -0.15) is 13.2 Å². The number of aliphatic hydroxyl groups is 1. The van der Waals surface area contributed by atoms with Crippen LogP contribution in [0.25, 0.3) is 0 Å². The predicted octanol–water partition coefficient (Wildman–Crippen LogP) is 2.56. The molecule has 0 aliphatic rings. The molecule has 0 saturated heterocycles. The predicted molar refractivity (Wildman–Crippen MR) is 92.7 cm³/mol. The molecule has 9 heteroatoms. The van der Waals surface area contributed by atoms with Gasteiger partial charge >= 0.3 is 12.1 Å². The number of carboxylic acids is 1. The van der Waals surface area contributed by atoms with E-state index in [-0.39, 0.29) is 12.0 Å². The average Bonchev–Trinajstić information content (AvgIpc) is 2.66. The molecule has 0 bridgehead atoms. The molecule has 2 atom stereocenters. The number of hydrogen-bond acceptors (Lipinski definition) is 4. The van der Waals surface area contributed by atoms with E-state index in [9.17, 15) is 33.0 Å². The number of nitrogens with one attached hydrogen (secondary N) is 1. The van der Waals surface area contributed by atoms with E-state index < -0.39 is 35.8 Å². The molecule has 3 N–H and O–H groups in total. The molecule has 0 heterocycles. The number of carboxylic acid groups (broad SMARTS) is 1. The molecule has 28 heavy (non-hydrogen) atoms. The smallest absolute Gasteiger partial charge is 0.416 e. The summed E-state index contributed by atoms with van der Waals surface area (Å²) in [5, 5.41) is 21.6. The summed E-state index contributed by atoms with van der Waals surface area (Å²) in [5.74, 6) is -1.76. The van der Waals surface area contributed by atoms with Crippen LogP contribution in [0, 0.1) is 0 Å². The number of rotatable bonds is 7. The van der Waals surface area contributed by atoms with E-state index in [4.69, 9.17) is 4.74 Å². The Hall–Kier alpha value is -3.07. The van der Waals surface area contributed by atoms with Gasteiger partial charge in [0.25, 0.3) is 5.91 Å². The summed E-state index contributed by atoms with van der Waals surface area (Å²) >= 11 is 0. The molecule has 1 amide bonds. The fraction of sp³-hybridized carbons (Fsp3) is 0.263. The third-order valence-corrected chi connectivity index (χ3v) is 4.02. The summed E-state index contributed by atoms with van der Waals surface area (Å²) in [5.41, 5.74) is -0.400. The van der Waals surface area contributed by atoms with Crippen molar-refractivity contribution in [3.05, 3.63) is 65.2 Å². The largest absolute Gasteiger partial charge is 0.497 e. The van der Waals surface area contributed by atoms with Crippen molar-refractivity contribution in [1.29, 1.82) is 0 Å². The maximum atomic E-state index is 12.6. The van der Waals surface area contributed by atoms with Gasteiger partial charge in [-0.15, -0.1) is 0 Å². The number of alkyl halides is 3. The lowest BCUT2D eigenvalue weighted by Crippen LogP contribution is -2.44. The van der Waals surface area contributed by atoms with Gasteiger partial charge in [-0.25, -0.2) is 4.79 Å². The monoisotopic (exact) mass is 397 g/mol. The van der Waals surface area contributed by atoms with Gasteiger partial charge in [0.15, 0.2) is 6.10 Å². The number of halogens is 3. The van der Waals surface area contributed by atoms with Crippen molar-refractivity contribution in [1.82, 2.24) is 5.32 Å². The molecule has 0 unspecified atom stereocenters. The standard InChI is InChI=1S/C19H18F3NO5/c1-28-14-8-2-11(3-9-14)10-15(18(26)27)23-17(25)16(24)12-4-6-13(7-5-12)19(20,21)22/h2-9,15-16,24H,10H2,1H3,(H,23,25)(H,26,27)/t15-,16+/m0/s1. The molecule has 0 spiro atoms. The third kappa shape index (κ3) is 5.46. The Balaban J connectivity index is 2.07. The van der Waals surface area contributed by atoms with Crippen LogP contribution in [0.2, 0.25) is 0 Å². The van der Waals surface area contributed by atoms with Gasteiger partial charge < -0.3 is 20.3 Å². The van der Waals surface area contributed by atoms with Gasteiger partial charge in [0.2, 0.25) is 0 Å². The highest BCUT2D eigenvalue weighted by Crippen LogP contribution is 2.30. The van der Waals surface area contributed by atoms with Crippen molar-refractivity contribution in [2.24, 2.45) is 0 Å². The summed E-state index contributed by atoms with van der Waals surface area (Å²) in [6.07, 6.45) is -6.40. The molecule has 0 aliphatic heterocycles. The quantitative estimate of drug-likeness (QED) is 0.668. The highest BCUT2D eigenvalue weighted by atomic mass is 19.4. The number of benzene rings is 2. The van der Waals surface area contributed by atoms with Crippen molar-refractivity contribution in [3.63, 3.8) is 0 Å². The summed E-state index contributed by atoms with van der Waals surface area (Å²) in [4.78, 5) is 23.6. The summed E-state index contributed by atoms with van der Waals surface area (Å²) in [6, 6.07) is 8.60. The maximum Gasteiger partial charge on any atom is 0.416 e. The molecule has 0 aliphatic carbocycles. The van der Waals surface area contributed by atoms with E-state index in [1.54, 1.807) is 24.3 Å². The Kier molecular flexibility index (Phi) is 6.63. The van der Waals surface area contributed by atoms with Gasteiger partial charge in [-0.05, 0) is 35.4 Å². The molecular formula is C19H18F3NO5. The van der Waals surface area contributed by atoms with Crippen molar-refractivity contribution in [2.45, 2.75) is 24.7 Å². The Morgan fingerprint density at radius 3 is 2.11 bits per heavy atom. The normalized spacial score (nSPS) is 13.5. The second-order valence-electron chi connectivity index (χ2n) is 5.97. The number of amides is 1. The molecule has 0 fully saturated rings. The molecule has 2 aromatic rings. The van der Waals surface area contributed by atoms with E-state index in [0.29, 0.717) is 11.3 Å². The van der Waals surface area contributed by atoms with E-state index in [1.165, 1.54) is 7.11 Å². The van der Waals surface area contributed by atoms with E-state index in [0.717, 1.165) is 24.3 Å². The lowest BCUT2D eigenvalue weighted by Gasteiger charge is -2.18. The van der Waals surface area contributed by atoms with Crippen molar-refractivity contribution < 1.29 is 37.7 Å². The molecule has 6 nitrogen and oxygen atoms in total.